The largest absolute Gasteiger partial charge is 0.374 e. The van der Waals surface area contributed by atoms with E-state index in [1.165, 1.54) is 0 Å². The summed E-state index contributed by atoms with van der Waals surface area (Å²) in [4.78, 5) is 20.2. The van der Waals surface area contributed by atoms with Crippen molar-refractivity contribution >= 4 is 21.8 Å². The highest BCUT2D eigenvalue weighted by Gasteiger charge is 2.33. The summed E-state index contributed by atoms with van der Waals surface area (Å²) in [6, 6.07) is 5.99. The van der Waals surface area contributed by atoms with E-state index in [9.17, 15) is 13.2 Å². The van der Waals surface area contributed by atoms with Crippen molar-refractivity contribution in [2.75, 3.05) is 32.8 Å². The van der Waals surface area contributed by atoms with Crippen LogP contribution in [0.1, 0.15) is 39.7 Å². The number of carbonyl (C=O) groups excluding carboxylic acids is 1. The van der Waals surface area contributed by atoms with E-state index in [4.69, 9.17) is 4.74 Å². The molecule has 0 saturated carbocycles. The number of rotatable bonds is 8. The van der Waals surface area contributed by atoms with Crippen LogP contribution in [0.4, 0.5) is 0 Å². The van der Waals surface area contributed by atoms with Crippen molar-refractivity contribution in [3.63, 3.8) is 0 Å². The lowest BCUT2D eigenvalue weighted by Crippen LogP contribution is -2.50. The van der Waals surface area contributed by atoms with Gasteiger partial charge in [-0.15, -0.1) is 0 Å². The lowest BCUT2D eigenvalue weighted by atomic mass is 9.98. The van der Waals surface area contributed by atoms with Crippen LogP contribution in [0.5, 0.6) is 0 Å². The normalized spacial score (nSPS) is 23.9. The molecule has 2 heterocycles. The Balaban J connectivity index is 1.70. The third kappa shape index (κ3) is 5.84. The number of aliphatic imine (C=N–C) groups is 1. The van der Waals surface area contributed by atoms with Gasteiger partial charge in [-0.05, 0) is 24.0 Å². The SMILES string of the molecule is CC[C@H](C)[C@H](N=C1NS(=O)(=O)c2ccccc21)C(=O)NCC1CN(CC(C)C)CCO1. The van der Waals surface area contributed by atoms with E-state index in [-0.39, 0.29) is 28.7 Å². The van der Waals surface area contributed by atoms with Crippen molar-refractivity contribution in [3.8, 4) is 0 Å². The van der Waals surface area contributed by atoms with Crippen LogP contribution in [-0.4, -0.2) is 70.0 Å². The van der Waals surface area contributed by atoms with Crippen LogP contribution in [0, 0.1) is 11.8 Å². The Hall–Kier alpha value is -1.97. The second-order valence-electron chi connectivity index (χ2n) is 8.80. The Morgan fingerprint density at radius 3 is 2.77 bits per heavy atom. The van der Waals surface area contributed by atoms with E-state index in [0.717, 1.165) is 26.1 Å². The fraction of sp³-hybridized carbons (Fsp3) is 0.636. The summed E-state index contributed by atoms with van der Waals surface area (Å²) < 4.78 is 33.1. The van der Waals surface area contributed by atoms with Gasteiger partial charge in [0.05, 0.1) is 17.6 Å². The summed E-state index contributed by atoms with van der Waals surface area (Å²) in [5.41, 5.74) is 0.503. The first-order valence-corrected chi connectivity index (χ1v) is 12.5. The topological polar surface area (TPSA) is 100 Å². The number of amidine groups is 1. The fourth-order valence-corrected chi connectivity index (χ4v) is 5.18. The van der Waals surface area contributed by atoms with Crippen molar-refractivity contribution in [1.82, 2.24) is 14.9 Å². The second-order valence-corrected chi connectivity index (χ2v) is 10.5. The highest BCUT2D eigenvalue weighted by atomic mass is 32.2. The lowest BCUT2D eigenvalue weighted by molar-refractivity contribution is -0.124. The smallest absolute Gasteiger partial charge is 0.263 e. The van der Waals surface area contributed by atoms with E-state index in [1.54, 1.807) is 24.3 Å². The van der Waals surface area contributed by atoms with Gasteiger partial charge in [-0.3, -0.25) is 19.4 Å². The molecule has 3 rings (SSSR count). The molecule has 1 aromatic carbocycles. The number of benzene rings is 1. The summed E-state index contributed by atoms with van der Waals surface area (Å²) in [5, 5.41) is 2.99. The lowest BCUT2D eigenvalue weighted by Gasteiger charge is -2.34. The molecule has 3 atom stereocenters. The first-order valence-electron chi connectivity index (χ1n) is 11.0. The molecule has 31 heavy (non-hydrogen) atoms. The number of amides is 1. The Bertz CT molecular complexity index is 916. The predicted molar refractivity (Wildman–Crippen MR) is 121 cm³/mol. The molecule has 0 aromatic heterocycles. The van der Waals surface area contributed by atoms with Gasteiger partial charge in [0.2, 0.25) is 5.91 Å². The third-order valence-electron chi connectivity index (χ3n) is 5.73. The highest BCUT2D eigenvalue weighted by Crippen LogP contribution is 2.24. The number of ether oxygens (including phenoxy) is 1. The molecule has 1 saturated heterocycles. The van der Waals surface area contributed by atoms with E-state index in [1.807, 2.05) is 13.8 Å². The Morgan fingerprint density at radius 2 is 2.06 bits per heavy atom. The third-order valence-corrected chi connectivity index (χ3v) is 7.13. The first-order chi connectivity index (χ1) is 14.7. The minimum atomic E-state index is -3.64. The van der Waals surface area contributed by atoms with Crippen LogP contribution in [0.15, 0.2) is 34.2 Å². The fourth-order valence-electron chi connectivity index (χ4n) is 3.94. The minimum absolute atomic E-state index is 0.0468. The van der Waals surface area contributed by atoms with E-state index in [0.29, 0.717) is 24.6 Å². The van der Waals surface area contributed by atoms with Crippen LogP contribution in [-0.2, 0) is 19.6 Å². The summed E-state index contributed by atoms with van der Waals surface area (Å²) in [5.74, 6) is 0.551. The molecule has 1 aromatic rings. The molecular weight excluding hydrogens is 416 g/mol. The van der Waals surface area contributed by atoms with Crippen LogP contribution in [0.3, 0.4) is 0 Å². The van der Waals surface area contributed by atoms with Crippen LogP contribution >= 0.6 is 0 Å². The number of hydrogen-bond acceptors (Lipinski definition) is 6. The molecule has 8 nitrogen and oxygen atoms in total. The average molecular weight is 451 g/mol. The quantitative estimate of drug-likeness (QED) is 0.627. The molecule has 1 amide bonds. The highest BCUT2D eigenvalue weighted by molar-refractivity contribution is 7.90. The van der Waals surface area contributed by atoms with Gasteiger partial charge in [-0.2, -0.15) is 0 Å². The van der Waals surface area contributed by atoms with Gasteiger partial charge in [0.1, 0.15) is 11.9 Å². The zero-order valence-corrected chi connectivity index (χ0v) is 19.6. The van der Waals surface area contributed by atoms with Gasteiger partial charge in [-0.1, -0.05) is 46.2 Å². The molecule has 1 fully saturated rings. The molecule has 0 aliphatic carbocycles. The van der Waals surface area contributed by atoms with Crippen molar-refractivity contribution in [2.24, 2.45) is 16.8 Å². The number of morpholine rings is 1. The first kappa shape index (κ1) is 23.7. The van der Waals surface area contributed by atoms with Gasteiger partial charge in [0.25, 0.3) is 10.0 Å². The molecule has 172 valence electrons. The van der Waals surface area contributed by atoms with Crippen LogP contribution in [0.25, 0.3) is 0 Å². The van der Waals surface area contributed by atoms with E-state index < -0.39 is 16.1 Å². The van der Waals surface area contributed by atoms with Crippen molar-refractivity contribution in [1.29, 1.82) is 0 Å². The van der Waals surface area contributed by atoms with Crippen LogP contribution in [0.2, 0.25) is 0 Å². The van der Waals surface area contributed by atoms with E-state index >= 15 is 0 Å². The molecular formula is C22H34N4O4S. The van der Waals surface area contributed by atoms with Crippen molar-refractivity contribution in [2.45, 2.75) is 51.2 Å². The molecule has 2 aliphatic heterocycles. The standard InChI is InChI=1S/C22H34N4O4S/c1-5-16(4)20(24-21-18-8-6-7-9-19(18)31(28,29)25-21)22(27)23-12-17-14-26(10-11-30-17)13-15(2)3/h6-9,15-17,20H,5,10-14H2,1-4H3,(H,23,27)(H,24,25)/t16-,17?,20-/m0/s1. The summed E-state index contributed by atoms with van der Waals surface area (Å²) in [6.45, 7) is 12.1. The summed E-state index contributed by atoms with van der Waals surface area (Å²) >= 11 is 0. The molecule has 0 bridgehead atoms. The molecule has 9 heteroatoms. The predicted octanol–water partition coefficient (Wildman–Crippen LogP) is 1.61. The van der Waals surface area contributed by atoms with Gasteiger partial charge in [0.15, 0.2) is 0 Å². The second kappa shape index (κ2) is 10.1. The van der Waals surface area contributed by atoms with Crippen molar-refractivity contribution in [3.05, 3.63) is 29.8 Å². The zero-order chi connectivity index (χ0) is 22.6. The number of fused-ring (bicyclic) bond motifs is 1. The number of sulfonamides is 1. The Kier molecular flexibility index (Phi) is 7.72. The average Bonchev–Trinajstić information content (AvgIpc) is 3.00. The summed E-state index contributed by atoms with van der Waals surface area (Å²) in [7, 11) is -3.64. The van der Waals surface area contributed by atoms with Crippen LogP contribution < -0.4 is 10.0 Å². The number of nitrogens with one attached hydrogen (secondary N) is 2. The van der Waals surface area contributed by atoms with Gasteiger partial charge in [0, 0.05) is 31.7 Å². The molecule has 1 unspecified atom stereocenters. The molecule has 2 aliphatic rings. The Labute approximate surface area is 185 Å². The molecule has 0 radical (unpaired) electrons. The van der Waals surface area contributed by atoms with E-state index in [2.05, 4.69) is 33.8 Å². The molecule has 2 N–H and O–H groups in total. The maximum Gasteiger partial charge on any atom is 0.263 e. The molecule has 0 spiro atoms. The number of carbonyl (C=O) groups is 1. The van der Waals surface area contributed by atoms with Gasteiger partial charge in [-0.25, -0.2) is 8.42 Å². The Morgan fingerprint density at radius 1 is 1.32 bits per heavy atom. The van der Waals surface area contributed by atoms with Gasteiger partial charge < -0.3 is 10.1 Å². The monoisotopic (exact) mass is 450 g/mol. The number of nitrogens with zero attached hydrogens (tertiary/aromatic N) is 2. The van der Waals surface area contributed by atoms with Gasteiger partial charge >= 0.3 is 0 Å². The maximum absolute atomic E-state index is 13.0. The summed E-state index contributed by atoms with van der Waals surface area (Å²) in [6.07, 6.45) is 0.679. The number of hydrogen-bond donors (Lipinski definition) is 2. The zero-order valence-electron chi connectivity index (χ0n) is 18.8. The maximum atomic E-state index is 13.0. The minimum Gasteiger partial charge on any atom is -0.374 e. The van der Waals surface area contributed by atoms with Crippen molar-refractivity contribution < 1.29 is 17.9 Å².